The van der Waals surface area contributed by atoms with Crippen LogP contribution < -0.4 is 15.5 Å². The van der Waals surface area contributed by atoms with E-state index in [1.54, 1.807) is 54.5 Å². The lowest BCUT2D eigenvalue weighted by molar-refractivity contribution is -0.161. The van der Waals surface area contributed by atoms with E-state index in [0.29, 0.717) is 46.7 Å². The highest BCUT2D eigenvalue weighted by Crippen LogP contribution is 2.34. The van der Waals surface area contributed by atoms with Gasteiger partial charge in [0.25, 0.3) is 17.7 Å². The Morgan fingerprint density at radius 3 is 2.30 bits per heavy atom. The number of aryl methyl sites for hydroxylation is 1. The molecule has 4 aromatic rings. The smallest absolute Gasteiger partial charge is 0.309 e. The van der Waals surface area contributed by atoms with Gasteiger partial charge in [-0.3, -0.25) is 24.2 Å². The molecule has 2 fully saturated rings. The molecule has 0 spiro atoms. The molecular weight excluding hydrogens is 753 g/mol. The second-order valence-corrected chi connectivity index (χ2v) is 17.2. The van der Waals surface area contributed by atoms with Gasteiger partial charge in [0.2, 0.25) is 0 Å². The van der Waals surface area contributed by atoms with Crippen molar-refractivity contribution in [2.45, 2.75) is 91.2 Å². The number of ether oxygens (including phenoxy) is 1. The van der Waals surface area contributed by atoms with Gasteiger partial charge < -0.3 is 30.1 Å². The summed E-state index contributed by atoms with van der Waals surface area (Å²) in [4.78, 5) is 64.8. The summed E-state index contributed by atoms with van der Waals surface area (Å²) in [6.45, 7) is 10.3. The van der Waals surface area contributed by atoms with Crippen LogP contribution in [0.1, 0.15) is 121 Å². The number of rotatable bonds is 11. The van der Waals surface area contributed by atoms with Crippen molar-refractivity contribution >= 4 is 35.1 Å². The maximum Gasteiger partial charge on any atom is 0.309 e. The van der Waals surface area contributed by atoms with Crippen molar-refractivity contribution in [1.82, 2.24) is 20.1 Å². The fourth-order valence-corrected chi connectivity index (χ4v) is 8.45. The normalized spacial score (nSPS) is 17.1. The average Bonchev–Trinajstić information content (AvgIpc) is 3.25. The third-order valence-corrected chi connectivity index (χ3v) is 11.7. The zero-order valence-corrected chi connectivity index (χ0v) is 35.0. The summed E-state index contributed by atoms with van der Waals surface area (Å²) in [6, 6.07) is 24.6. The minimum absolute atomic E-state index is 0. The molecule has 2 aliphatic heterocycles. The van der Waals surface area contributed by atoms with Gasteiger partial charge in [-0.05, 0) is 145 Å². The lowest BCUT2D eigenvalue weighted by Gasteiger charge is -2.33. The van der Waals surface area contributed by atoms with Crippen LogP contribution in [0.2, 0.25) is 0 Å². The van der Waals surface area contributed by atoms with Gasteiger partial charge in [-0.25, -0.2) is 0 Å². The number of likely N-dealkylation sites (tertiary alicyclic amines) is 1. The number of nitrogens with zero attached hydrogens (tertiary/aromatic N) is 4. The summed E-state index contributed by atoms with van der Waals surface area (Å²) >= 11 is 0. The number of esters is 1. The summed E-state index contributed by atoms with van der Waals surface area (Å²) in [6.07, 6.45) is 9.47. The molecule has 3 aliphatic rings. The van der Waals surface area contributed by atoms with Crippen molar-refractivity contribution in [1.29, 1.82) is 0 Å². The van der Waals surface area contributed by atoms with Gasteiger partial charge in [0.15, 0.2) is 0 Å². The number of pyridine rings is 1. The van der Waals surface area contributed by atoms with Crippen LogP contribution in [0.25, 0.3) is 11.3 Å². The van der Waals surface area contributed by atoms with Gasteiger partial charge in [-0.2, -0.15) is 0 Å². The summed E-state index contributed by atoms with van der Waals surface area (Å²) in [5.41, 5.74) is 6.12. The van der Waals surface area contributed by atoms with E-state index in [0.717, 1.165) is 76.8 Å². The standard InChI is InChI=1S/C48H58N6O5.CH4/c1-48(2,3)59-47(58)34-21-26-53(27-22-34)29-28-52(4)46(57)37-15-10-14-35(30-37)44(55)51-42-19-18-38(54-24-8-5-9-25-54)32-40(42)43-31-36(20-23-49-43)45(56)50-41-17-11-13-33-12-6-7-16-39(33)41;/h6-7,10,12,14-16,18-20,23,30-32,34,41H,5,8-9,11,13,17,21-22,24-29H2,1-4H3,(H,50,56)(H,51,55);1H4/t41-;/m0./s1. The fourth-order valence-electron chi connectivity index (χ4n) is 8.45. The lowest BCUT2D eigenvalue weighted by Crippen LogP contribution is -2.42. The SMILES string of the molecule is C.CN(CCN1CCC(C(=O)OC(C)(C)C)CC1)C(=O)c1cccc(C(=O)Nc2ccc(N3CCCCC3)cc2-c2cc(C(=O)N[C@H]3CCCc4ccccc43)ccn2)c1. The van der Waals surface area contributed by atoms with Gasteiger partial charge >= 0.3 is 5.97 Å². The van der Waals surface area contributed by atoms with Crippen LogP contribution >= 0.6 is 0 Å². The molecule has 1 aliphatic carbocycles. The summed E-state index contributed by atoms with van der Waals surface area (Å²) in [7, 11) is 1.77. The molecule has 1 atom stereocenters. The molecule has 2 N–H and O–H groups in total. The van der Waals surface area contributed by atoms with E-state index in [4.69, 9.17) is 9.72 Å². The van der Waals surface area contributed by atoms with E-state index in [2.05, 4.69) is 38.6 Å². The first-order valence-corrected chi connectivity index (χ1v) is 21.3. The maximum absolute atomic E-state index is 13.9. The van der Waals surface area contributed by atoms with Crippen LogP contribution in [0.3, 0.4) is 0 Å². The van der Waals surface area contributed by atoms with Crippen molar-refractivity contribution in [2.24, 2.45) is 5.92 Å². The Morgan fingerprint density at radius 1 is 0.800 bits per heavy atom. The molecule has 318 valence electrons. The number of hydrogen-bond acceptors (Lipinski definition) is 8. The summed E-state index contributed by atoms with van der Waals surface area (Å²) in [5.74, 6) is -0.924. The van der Waals surface area contributed by atoms with Gasteiger partial charge in [0.1, 0.15) is 5.60 Å². The molecule has 0 radical (unpaired) electrons. The Morgan fingerprint density at radius 2 is 1.53 bits per heavy atom. The van der Waals surface area contributed by atoms with Crippen LogP contribution in [0.15, 0.2) is 85.1 Å². The van der Waals surface area contributed by atoms with Crippen LogP contribution in [-0.2, 0) is 16.0 Å². The number of nitrogens with one attached hydrogen (secondary N) is 2. The number of aromatic nitrogens is 1. The molecule has 3 heterocycles. The summed E-state index contributed by atoms with van der Waals surface area (Å²) in [5, 5.41) is 6.37. The molecule has 3 aromatic carbocycles. The lowest BCUT2D eigenvalue weighted by atomic mass is 9.87. The zero-order chi connectivity index (χ0) is 41.5. The molecule has 0 saturated carbocycles. The van der Waals surface area contributed by atoms with Crippen LogP contribution in [-0.4, -0.2) is 90.4 Å². The monoisotopic (exact) mass is 814 g/mol. The second-order valence-electron chi connectivity index (χ2n) is 17.2. The third kappa shape index (κ3) is 11.0. The van der Waals surface area contributed by atoms with Crippen LogP contribution in [0.4, 0.5) is 11.4 Å². The van der Waals surface area contributed by atoms with E-state index in [-0.39, 0.29) is 43.1 Å². The van der Waals surface area contributed by atoms with Gasteiger partial charge in [0, 0.05) is 67.4 Å². The third-order valence-electron chi connectivity index (χ3n) is 11.7. The number of carbonyl (C=O) groups excluding carboxylic acids is 4. The van der Waals surface area contributed by atoms with Crippen molar-refractivity contribution < 1.29 is 23.9 Å². The Balaban J connectivity index is 0.00000604. The predicted octanol–water partition coefficient (Wildman–Crippen LogP) is 8.56. The minimum Gasteiger partial charge on any atom is -0.460 e. The molecule has 7 rings (SSSR count). The van der Waals surface area contributed by atoms with E-state index in [9.17, 15) is 19.2 Å². The zero-order valence-electron chi connectivity index (χ0n) is 35.0. The maximum atomic E-state index is 13.9. The summed E-state index contributed by atoms with van der Waals surface area (Å²) < 4.78 is 5.59. The number of amides is 3. The molecule has 11 heteroatoms. The van der Waals surface area contributed by atoms with Crippen molar-refractivity contribution in [3.05, 3.63) is 113 Å². The second kappa shape index (κ2) is 19.7. The Kier molecular flexibility index (Phi) is 14.4. The van der Waals surface area contributed by atoms with Gasteiger partial charge in [-0.15, -0.1) is 0 Å². The number of benzene rings is 3. The topological polar surface area (TPSA) is 124 Å². The number of likely N-dealkylation sites (N-methyl/N-ethyl adjacent to an activating group) is 1. The number of piperidine rings is 2. The quantitative estimate of drug-likeness (QED) is 0.145. The average molecular weight is 815 g/mol. The molecule has 3 amide bonds. The van der Waals surface area contributed by atoms with Crippen molar-refractivity contribution in [2.75, 3.05) is 56.5 Å². The largest absolute Gasteiger partial charge is 0.460 e. The van der Waals surface area contributed by atoms with E-state index in [1.807, 2.05) is 45.0 Å². The van der Waals surface area contributed by atoms with E-state index < -0.39 is 5.60 Å². The Bertz CT molecular complexity index is 2150. The molecule has 0 unspecified atom stereocenters. The molecule has 2 saturated heterocycles. The van der Waals surface area contributed by atoms with Gasteiger partial charge in [-0.1, -0.05) is 37.8 Å². The number of hydrogen-bond donors (Lipinski definition) is 2. The molecule has 0 bridgehead atoms. The van der Waals surface area contributed by atoms with Gasteiger partial charge in [0.05, 0.1) is 23.3 Å². The Labute approximate surface area is 355 Å². The van der Waals surface area contributed by atoms with Crippen molar-refractivity contribution in [3.63, 3.8) is 0 Å². The number of anilines is 2. The van der Waals surface area contributed by atoms with Crippen LogP contribution in [0.5, 0.6) is 0 Å². The predicted molar refractivity (Wildman–Crippen MR) is 238 cm³/mol. The van der Waals surface area contributed by atoms with E-state index >= 15 is 0 Å². The highest BCUT2D eigenvalue weighted by Gasteiger charge is 2.29. The fraction of sp³-hybridized carbons (Fsp3) is 0.449. The Hall–Kier alpha value is -5.55. The highest BCUT2D eigenvalue weighted by atomic mass is 16.6. The molecule has 60 heavy (non-hydrogen) atoms. The number of carbonyl (C=O) groups is 4. The number of fused-ring (bicyclic) bond motifs is 1. The highest BCUT2D eigenvalue weighted by molar-refractivity contribution is 6.08. The van der Waals surface area contributed by atoms with Crippen LogP contribution in [0, 0.1) is 5.92 Å². The first-order valence-electron chi connectivity index (χ1n) is 21.3. The van der Waals surface area contributed by atoms with E-state index in [1.165, 1.54) is 17.5 Å². The molecule has 1 aromatic heterocycles. The first-order chi connectivity index (χ1) is 28.4. The first kappa shape index (κ1) is 44.0. The molecule has 11 nitrogen and oxygen atoms in total. The van der Waals surface area contributed by atoms with Crippen molar-refractivity contribution in [3.8, 4) is 11.3 Å². The molecular formula is C49H62N6O5. The minimum atomic E-state index is -0.496.